The number of carbonyl (C=O) groups excluding carboxylic acids is 2. The largest absolute Gasteiger partial charge is 0.468 e. The van der Waals surface area contributed by atoms with Crippen molar-refractivity contribution in [2.45, 2.75) is 19.8 Å². The third kappa shape index (κ3) is 5.88. The summed E-state index contributed by atoms with van der Waals surface area (Å²) in [7, 11) is 1.26. The topological polar surface area (TPSA) is 127 Å². The van der Waals surface area contributed by atoms with Crippen LogP contribution in [0.3, 0.4) is 0 Å². The number of pyridine rings is 1. The maximum absolute atomic E-state index is 13.4. The molecule has 3 heterocycles. The second-order valence-corrected chi connectivity index (χ2v) is 9.24. The number of hydrogen-bond donors (Lipinski definition) is 0. The van der Waals surface area contributed by atoms with Gasteiger partial charge in [0, 0.05) is 68.4 Å². The second-order valence-electron chi connectivity index (χ2n) is 9.24. The van der Waals surface area contributed by atoms with Gasteiger partial charge in [-0.2, -0.15) is 0 Å². The van der Waals surface area contributed by atoms with Gasteiger partial charge in [0.25, 0.3) is 5.69 Å². The van der Waals surface area contributed by atoms with Gasteiger partial charge in [0.1, 0.15) is 18.3 Å². The molecule has 1 aromatic heterocycles. The van der Waals surface area contributed by atoms with Crippen molar-refractivity contribution < 1.29 is 24.0 Å². The van der Waals surface area contributed by atoms with E-state index in [1.165, 1.54) is 25.3 Å². The molecule has 0 saturated carbocycles. The number of nitro benzene ring substituents is 1. The lowest BCUT2D eigenvalue weighted by atomic mass is 9.75. The Labute approximate surface area is 220 Å². The van der Waals surface area contributed by atoms with Gasteiger partial charge in [-0.25, -0.2) is 9.78 Å². The fraction of sp³-hybridized carbons (Fsp3) is 0.407. The number of carbonyl (C=O) groups is 2. The zero-order chi connectivity index (χ0) is 27.2. The molecule has 2 aliphatic heterocycles. The highest BCUT2D eigenvalue weighted by molar-refractivity contribution is 6.07. The first-order chi connectivity index (χ1) is 18.3. The molecule has 2 atom stereocenters. The van der Waals surface area contributed by atoms with E-state index in [1.807, 2.05) is 18.2 Å². The minimum atomic E-state index is -0.909. The van der Waals surface area contributed by atoms with Crippen LogP contribution < -0.4 is 4.90 Å². The average Bonchev–Trinajstić information content (AvgIpc) is 2.93. The summed E-state index contributed by atoms with van der Waals surface area (Å²) in [5.41, 5.74) is 1.38. The molecule has 11 heteroatoms. The molecule has 38 heavy (non-hydrogen) atoms. The van der Waals surface area contributed by atoms with Gasteiger partial charge in [-0.05, 0) is 31.5 Å². The van der Waals surface area contributed by atoms with Crippen LogP contribution in [-0.4, -0.2) is 78.9 Å². The van der Waals surface area contributed by atoms with Gasteiger partial charge in [0.2, 0.25) is 0 Å². The Bertz CT molecular complexity index is 1250. The number of piperazine rings is 1. The van der Waals surface area contributed by atoms with Crippen LogP contribution in [0.15, 0.2) is 64.9 Å². The third-order valence-corrected chi connectivity index (χ3v) is 6.93. The number of methoxy groups -OCH3 is 1. The fourth-order valence-corrected chi connectivity index (χ4v) is 5.01. The van der Waals surface area contributed by atoms with Crippen molar-refractivity contribution >= 4 is 29.2 Å². The van der Waals surface area contributed by atoms with E-state index in [0.717, 1.165) is 32.0 Å². The third-order valence-electron chi connectivity index (χ3n) is 6.93. The fourth-order valence-electron chi connectivity index (χ4n) is 5.01. The number of anilines is 1. The van der Waals surface area contributed by atoms with Crippen LogP contribution in [-0.2, 0) is 19.1 Å². The molecule has 0 amide bonds. The Morgan fingerprint density at radius 1 is 1.11 bits per heavy atom. The van der Waals surface area contributed by atoms with E-state index in [9.17, 15) is 19.7 Å². The van der Waals surface area contributed by atoms with Gasteiger partial charge in [-0.15, -0.1) is 0 Å². The molecule has 1 aromatic carbocycles. The summed E-state index contributed by atoms with van der Waals surface area (Å²) in [5, 5.41) is 11.4. The average molecular weight is 522 g/mol. The van der Waals surface area contributed by atoms with E-state index in [2.05, 4.69) is 19.8 Å². The molecule has 0 spiro atoms. The minimum absolute atomic E-state index is 0.138. The molecule has 200 valence electrons. The number of allylic oxidation sites excluding steroid dienone is 1. The maximum Gasteiger partial charge on any atom is 0.336 e. The zero-order valence-corrected chi connectivity index (χ0v) is 21.7. The number of aliphatic imine (C=N–C) groups is 1. The number of benzene rings is 1. The van der Waals surface area contributed by atoms with Crippen LogP contribution >= 0.6 is 0 Å². The molecular weight excluding hydrogens is 490 g/mol. The van der Waals surface area contributed by atoms with Crippen LogP contribution in [0.1, 0.15) is 25.3 Å². The molecule has 0 N–H and O–H groups in total. The molecule has 0 aliphatic carbocycles. The number of rotatable bonds is 8. The normalized spacial score (nSPS) is 20.1. The van der Waals surface area contributed by atoms with Crippen molar-refractivity contribution in [2.75, 3.05) is 51.3 Å². The smallest absolute Gasteiger partial charge is 0.336 e. The van der Waals surface area contributed by atoms with Crippen molar-refractivity contribution in [3.05, 3.63) is 75.6 Å². The molecule has 1 fully saturated rings. The summed E-state index contributed by atoms with van der Waals surface area (Å²) in [6.45, 7) is 7.32. The van der Waals surface area contributed by atoms with Gasteiger partial charge in [0.05, 0.1) is 17.6 Å². The minimum Gasteiger partial charge on any atom is -0.468 e. The number of non-ortho nitro benzene ring substituents is 1. The highest BCUT2D eigenvalue weighted by Gasteiger charge is 2.42. The van der Waals surface area contributed by atoms with E-state index in [0.29, 0.717) is 23.5 Å². The number of nitro groups is 1. The Morgan fingerprint density at radius 2 is 1.87 bits per heavy atom. The Balaban J connectivity index is 1.47. The first-order valence-corrected chi connectivity index (χ1v) is 12.4. The van der Waals surface area contributed by atoms with Crippen molar-refractivity contribution in [2.24, 2.45) is 10.9 Å². The van der Waals surface area contributed by atoms with Crippen LogP contribution in [0.5, 0.6) is 0 Å². The SMILES string of the molecule is COC(=O)C1C(C)=NC(C)=C(C(=O)OCCN2CCN(c3ccccn3)CC2)C1c1cccc([N+](=O)[O-])c1. The summed E-state index contributed by atoms with van der Waals surface area (Å²) in [5.74, 6) is -1.97. The van der Waals surface area contributed by atoms with Gasteiger partial charge in [0.15, 0.2) is 0 Å². The van der Waals surface area contributed by atoms with E-state index in [1.54, 1.807) is 26.1 Å². The van der Waals surface area contributed by atoms with Crippen molar-refractivity contribution in [3.8, 4) is 0 Å². The monoisotopic (exact) mass is 521 g/mol. The number of hydrogen-bond acceptors (Lipinski definition) is 10. The molecule has 1 saturated heterocycles. The van der Waals surface area contributed by atoms with Gasteiger partial charge in [-0.3, -0.25) is 24.8 Å². The van der Waals surface area contributed by atoms with Gasteiger partial charge >= 0.3 is 11.9 Å². The van der Waals surface area contributed by atoms with Crippen LogP contribution in [0.4, 0.5) is 11.5 Å². The van der Waals surface area contributed by atoms with Crippen LogP contribution in [0, 0.1) is 16.0 Å². The molecule has 11 nitrogen and oxygen atoms in total. The lowest BCUT2D eigenvalue weighted by molar-refractivity contribution is -0.384. The van der Waals surface area contributed by atoms with E-state index in [4.69, 9.17) is 9.47 Å². The van der Waals surface area contributed by atoms with Crippen molar-refractivity contribution in [1.82, 2.24) is 9.88 Å². The summed E-state index contributed by atoms with van der Waals surface area (Å²) in [4.78, 5) is 50.3. The molecule has 2 unspecified atom stereocenters. The first-order valence-electron chi connectivity index (χ1n) is 12.4. The number of nitrogens with zero attached hydrogens (tertiary/aromatic N) is 5. The summed E-state index contributed by atoms with van der Waals surface area (Å²) in [6, 6.07) is 11.8. The highest BCUT2D eigenvalue weighted by Crippen LogP contribution is 2.40. The molecular formula is C27H31N5O6. The standard InChI is InChI=1S/C27H31N5O6/c1-18-23(26(33)37-3)25(20-7-6-8-21(17-20)32(35)36)24(19(2)29-18)27(34)38-16-15-30-11-13-31(14-12-30)22-9-4-5-10-28-22/h4-10,17,23,25H,11-16H2,1-3H3. The van der Waals surface area contributed by atoms with Crippen LogP contribution in [0.2, 0.25) is 0 Å². The van der Waals surface area contributed by atoms with Crippen LogP contribution in [0.25, 0.3) is 0 Å². The molecule has 2 aromatic rings. The van der Waals surface area contributed by atoms with Gasteiger partial charge in [-0.1, -0.05) is 18.2 Å². The molecule has 2 aliphatic rings. The number of esters is 2. The first kappa shape index (κ1) is 26.9. The van der Waals surface area contributed by atoms with E-state index in [-0.39, 0.29) is 17.9 Å². The lowest BCUT2D eigenvalue weighted by Crippen LogP contribution is -2.47. The highest BCUT2D eigenvalue weighted by atomic mass is 16.6. The predicted molar refractivity (Wildman–Crippen MR) is 141 cm³/mol. The number of ether oxygens (including phenoxy) is 2. The zero-order valence-electron chi connectivity index (χ0n) is 21.7. The quantitative estimate of drug-likeness (QED) is 0.293. The van der Waals surface area contributed by atoms with Gasteiger partial charge < -0.3 is 14.4 Å². The van der Waals surface area contributed by atoms with E-state index < -0.39 is 28.7 Å². The summed E-state index contributed by atoms with van der Waals surface area (Å²) >= 11 is 0. The van der Waals surface area contributed by atoms with E-state index >= 15 is 0 Å². The Morgan fingerprint density at radius 3 is 2.53 bits per heavy atom. The summed E-state index contributed by atoms with van der Waals surface area (Å²) < 4.78 is 10.7. The predicted octanol–water partition coefficient (Wildman–Crippen LogP) is 2.98. The Kier molecular flexibility index (Phi) is 8.47. The van der Waals surface area contributed by atoms with Crippen molar-refractivity contribution in [3.63, 3.8) is 0 Å². The molecule has 0 radical (unpaired) electrons. The molecule has 4 rings (SSSR count). The maximum atomic E-state index is 13.4. The van der Waals surface area contributed by atoms with Crippen molar-refractivity contribution in [1.29, 1.82) is 0 Å². The number of aromatic nitrogens is 1. The molecule has 0 bridgehead atoms. The summed E-state index contributed by atoms with van der Waals surface area (Å²) in [6.07, 6.45) is 1.78. The Hall–Kier alpha value is -4.12. The second kappa shape index (κ2) is 12.0. The lowest BCUT2D eigenvalue weighted by Gasteiger charge is -2.35.